The van der Waals surface area contributed by atoms with E-state index in [4.69, 9.17) is 11.6 Å². The second-order valence-corrected chi connectivity index (χ2v) is 5.04. The second-order valence-electron chi connectivity index (χ2n) is 4.61. The molecule has 0 aliphatic rings. The van der Waals surface area contributed by atoms with Crippen LogP contribution < -0.4 is 5.32 Å². The van der Waals surface area contributed by atoms with Crippen LogP contribution in [0.3, 0.4) is 0 Å². The number of hydrogen-bond acceptors (Lipinski definition) is 5. The topological polar surface area (TPSA) is 91.0 Å². The van der Waals surface area contributed by atoms with Crippen LogP contribution in [0.25, 0.3) is 0 Å². The van der Waals surface area contributed by atoms with Gasteiger partial charge in [-0.15, -0.1) is 0 Å². The SMILES string of the molecule is CCC(C(=O)Nc1cn(C)nc1C(=O)OC)n1cc(Cl)cn1. The first kappa shape index (κ1) is 16.0. The van der Waals surface area contributed by atoms with Gasteiger partial charge in [0.25, 0.3) is 0 Å². The van der Waals surface area contributed by atoms with E-state index in [9.17, 15) is 9.59 Å². The molecule has 1 unspecified atom stereocenters. The molecular formula is C13H16ClN5O3. The molecule has 2 rings (SSSR count). The van der Waals surface area contributed by atoms with Crippen molar-refractivity contribution < 1.29 is 14.3 Å². The third-order valence-electron chi connectivity index (χ3n) is 3.04. The van der Waals surface area contributed by atoms with Crippen molar-refractivity contribution in [3.63, 3.8) is 0 Å². The van der Waals surface area contributed by atoms with Crippen molar-refractivity contribution in [2.24, 2.45) is 7.05 Å². The van der Waals surface area contributed by atoms with E-state index in [0.717, 1.165) is 0 Å². The van der Waals surface area contributed by atoms with E-state index >= 15 is 0 Å². The normalized spacial score (nSPS) is 12.0. The molecule has 8 nitrogen and oxygen atoms in total. The van der Waals surface area contributed by atoms with Gasteiger partial charge in [0.15, 0.2) is 5.69 Å². The molecule has 22 heavy (non-hydrogen) atoms. The lowest BCUT2D eigenvalue weighted by atomic mass is 10.2. The van der Waals surface area contributed by atoms with Gasteiger partial charge in [0.2, 0.25) is 5.91 Å². The molecule has 2 aromatic rings. The van der Waals surface area contributed by atoms with Crippen LogP contribution in [0.1, 0.15) is 29.9 Å². The Morgan fingerprint density at radius 2 is 2.18 bits per heavy atom. The standard InChI is InChI=1S/C13H16ClN5O3/c1-4-10(19-6-8(14)5-15-19)12(20)16-9-7-18(2)17-11(9)13(21)22-3/h5-7,10H,4H2,1-3H3,(H,16,20). The molecule has 118 valence electrons. The number of halogens is 1. The maximum atomic E-state index is 12.4. The fourth-order valence-electron chi connectivity index (χ4n) is 2.02. The maximum Gasteiger partial charge on any atom is 0.360 e. The molecule has 1 amide bonds. The van der Waals surface area contributed by atoms with Crippen LogP contribution in [0.2, 0.25) is 5.02 Å². The molecule has 1 N–H and O–H groups in total. The molecule has 0 aliphatic carbocycles. The van der Waals surface area contributed by atoms with Crippen LogP contribution in [-0.4, -0.2) is 38.5 Å². The minimum Gasteiger partial charge on any atom is -0.464 e. The van der Waals surface area contributed by atoms with Crippen molar-refractivity contribution in [3.05, 3.63) is 29.3 Å². The van der Waals surface area contributed by atoms with Crippen LogP contribution >= 0.6 is 11.6 Å². The zero-order chi connectivity index (χ0) is 16.3. The van der Waals surface area contributed by atoms with Gasteiger partial charge in [-0.1, -0.05) is 18.5 Å². The number of amides is 1. The first-order valence-corrected chi connectivity index (χ1v) is 6.96. The Morgan fingerprint density at radius 3 is 2.73 bits per heavy atom. The van der Waals surface area contributed by atoms with E-state index in [1.165, 1.54) is 28.9 Å². The van der Waals surface area contributed by atoms with Crippen molar-refractivity contribution in [2.45, 2.75) is 19.4 Å². The molecular weight excluding hydrogens is 310 g/mol. The van der Waals surface area contributed by atoms with Gasteiger partial charge in [-0.3, -0.25) is 14.2 Å². The molecule has 0 saturated heterocycles. The smallest absolute Gasteiger partial charge is 0.360 e. The summed E-state index contributed by atoms with van der Waals surface area (Å²) in [6, 6.07) is -0.543. The molecule has 9 heteroatoms. The highest BCUT2D eigenvalue weighted by atomic mass is 35.5. The average molecular weight is 326 g/mol. The van der Waals surface area contributed by atoms with E-state index in [0.29, 0.717) is 11.4 Å². The fraction of sp³-hybridized carbons (Fsp3) is 0.385. The van der Waals surface area contributed by atoms with Crippen molar-refractivity contribution in [1.82, 2.24) is 19.6 Å². The zero-order valence-corrected chi connectivity index (χ0v) is 13.2. The van der Waals surface area contributed by atoms with E-state index in [-0.39, 0.29) is 17.3 Å². The molecule has 0 spiro atoms. The molecule has 0 bridgehead atoms. The number of ether oxygens (including phenoxy) is 1. The third-order valence-corrected chi connectivity index (χ3v) is 3.24. The Hall–Kier alpha value is -2.35. The minimum atomic E-state index is -0.619. The van der Waals surface area contributed by atoms with Crippen molar-refractivity contribution >= 4 is 29.2 Å². The Kier molecular flexibility index (Phi) is 4.81. The van der Waals surface area contributed by atoms with Gasteiger partial charge >= 0.3 is 5.97 Å². The lowest BCUT2D eigenvalue weighted by Crippen LogP contribution is -2.26. The Balaban J connectivity index is 2.22. The van der Waals surface area contributed by atoms with E-state index in [1.54, 1.807) is 13.2 Å². The average Bonchev–Trinajstić information content (AvgIpc) is 3.05. The van der Waals surface area contributed by atoms with Crippen molar-refractivity contribution in [2.75, 3.05) is 12.4 Å². The van der Waals surface area contributed by atoms with Crippen LogP contribution in [0, 0.1) is 0 Å². The number of aromatic nitrogens is 4. The summed E-state index contributed by atoms with van der Waals surface area (Å²) in [6.07, 6.45) is 5.08. The predicted octanol–water partition coefficient (Wildman–Crippen LogP) is 1.65. The lowest BCUT2D eigenvalue weighted by Gasteiger charge is -2.15. The number of anilines is 1. The molecule has 1 atom stereocenters. The summed E-state index contributed by atoms with van der Waals surface area (Å²) in [5, 5.41) is 11.1. The first-order valence-electron chi connectivity index (χ1n) is 6.58. The van der Waals surface area contributed by atoms with Crippen LogP contribution in [-0.2, 0) is 16.6 Å². The van der Waals surface area contributed by atoms with Crippen LogP contribution in [0.4, 0.5) is 5.69 Å². The summed E-state index contributed by atoms with van der Waals surface area (Å²) in [5.74, 6) is -0.938. The summed E-state index contributed by atoms with van der Waals surface area (Å²) < 4.78 is 7.55. The van der Waals surface area contributed by atoms with Gasteiger partial charge in [-0.2, -0.15) is 10.2 Å². The molecule has 0 aliphatic heterocycles. The minimum absolute atomic E-state index is 0.0479. The monoisotopic (exact) mass is 325 g/mol. The predicted molar refractivity (Wildman–Crippen MR) is 79.7 cm³/mol. The highest BCUT2D eigenvalue weighted by molar-refractivity contribution is 6.30. The van der Waals surface area contributed by atoms with Crippen molar-refractivity contribution in [3.8, 4) is 0 Å². The summed E-state index contributed by atoms with van der Waals surface area (Å²) in [5.41, 5.74) is 0.336. The number of carbonyl (C=O) groups excluding carboxylic acids is 2. The van der Waals surface area contributed by atoms with Crippen LogP contribution in [0.15, 0.2) is 18.6 Å². The number of aryl methyl sites for hydroxylation is 1. The summed E-state index contributed by atoms with van der Waals surface area (Å²) in [6.45, 7) is 1.85. The van der Waals surface area contributed by atoms with Gasteiger partial charge < -0.3 is 10.1 Å². The number of nitrogens with zero attached hydrogens (tertiary/aromatic N) is 4. The van der Waals surface area contributed by atoms with Gasteiger partial charge in [0.05, 0.1) is 24.0 Å². The number of esters is 1. The largest absolute Gasteiger partial charge is 0.464 e. The molecule has 0 aromatic carbocycles. The van der Waals surface area contributed by atoms with Crippen molar-refractivity contribution in [1.29, 1.82) is 0 Å². The Morgan fingerprint density at radius 1 is 1.45 bits per heavy atom. The molecule has 0 fully saturated rings. The quantitative estimate of drug-likeness (QED) is 0.844. The number of rotatable bonds is 5. The van der Waals surface area contributed by atoms with Gasteiger partial charge in [-0.05, 0) is 6.42 Å². The summed E-state index contributed by atoms with van der Waals surface area (Å²) in [4.78, 5) is 24.1. The maximum absolute atomic E-state index is 12.4. The fourth-order valence-corrected chi connectivity index (χ4v) is 2.16. The second kappa shape index (κ2) is 6.61. The van der Waals surface area contributed by atoms with E-state index in [1.807, 2.05) is 6.92 Å². The first-order chi connectivity index (χ1) is 10.5. The highest BCUT2D eigenvalue weighted by Crippen LogP contribution is 2.19. The lowest BCUT2D eigenvalue weighted by molar-refractivity contribution is -0.119. The Labute approximate surface area is 132 Å². The molecule has 0 saturated carbocycles. The van der Waals surface area contributed by atoms with Gasteiger partial charge in [0, 0.05) is 19.4 Å². The molecule has 2 heterocycles. The van der Waals surface area contributed by atoms with Crippen LogP contribution in [0.5, 0.6) is 0 Å². The number of methoxy groups -OCH3 is 1. The zero-order valence-electron chi connectivity index (χ0n) is 12.4. The molecule has 0 radical (unpaired) electrons. The number of hydrogen-bond donors (Lipinski definition) is 1. The number of carbonyl (C=O) groups is 2. The number of nitrogens with one attached hydrogen (secondary N) is 1. The van der Waals surface area contributed by atoms with Gasteiger partial charge in [0.1, 0.15) is 6.04 Å². The highest BCUT2D eigenvalue weighted by Gasteiger charge is 2.24. The summed E-state index contributed by atoms with van der Waals surface area (Å²) >= 11 is 5.83. The van der Waals surface area contributed by atoms with E-state index < -0.39 is 12.0 Å². The third kappa shape index (κ3) is 3.28. The van der Waals surface area contributed by atoms with Gasteiger partial charge in [-0.25, -0.2) is 4.79 Å². The summed E-state index contributed by atoms with van der Waals surface area (Å²) in [7, 11) is 2.90. The molecule has 2 aromatic heterocycles. The Bertz CT molecular complexity index is 694. The van der Waals surface area contributed by atoms with E-state index in [2.05, 4.69) is 20.3 Å².